The number of imidazole rings is 1. The predicted molar refractivity (Wildman–Crippen MR) is 126 cm³/mol. The number of rotatable bonds is 4. The minimum Gasteiger partial charge on any atom is -0.408 e. The maximum atomic E-state index is 6.22. The molecule has 2 heterocycles. The highest BCUT2D eigenvalue weighted by Crippen LogP contribution is 2.31. The highest BCUT2D eigenvalue weighted by Gasteiger charge is 2.28. The molecule has 0 aliphatic carbocycles. The summed E-state index contributed by atoms with van der Waals surface area (Å²) in [6, 6.07) is 23.3. The zero-order valence-electron chi connectivity index (χ0n) is 17.8. The molecule has 0 saturated heterocycles. The maximum absolute atomic E-state index is 6.22. The molecule has 3 aromatic carbocycles. The van der Waals surface area contributed by atoms with Gasteiger partial charge in [0.2, 0.25) is 0 Å². The highest BCUT2D eigenvalue weighted by molar-refractivity contribution is 6.61. The number of fused-ring (bicyclic) bond motifs is 8. The molecule has 30 heavy (non-hydrogen) atoms. The molecule has 0 unspecified atom stereocenters. The summed E-state index contributed by atoms with van der Waals surface area (Å²) >= 11 is 0. The van der Waals surface area contributed by atoms with Gasteiger partial charge in [0, 0.05) is 23.0 Å². The van der Waals surface area contributed by atoms with E-state index in [4.69, 9.17) is 14.3 Å². The molecule has 0 aliphatic heterocycles. The maximum Gasteiger partial charge on any atom is 0.494 e. The molecule has 0 aliphatic rings. The lowest BCUT2D eigenvalue weighted by Gasteiger charge is -2.25. The second-order valence-electron chi connectivity index (χ2n) is 8.60. The number of benzene rings is 3. The Morgan fingerprint density at radius 2 is 1.60 bits per heavy atom. The lowest BCUT2D eigenvalue weighted by atomic mass is 9.77. The molecule has 0 amide bonds. The zero-order chi connectivity index (χ0) is 20.9. The van der Waals surface area contributed by atoms with E-state index in [0.29, 0.717) is 6.61 Å². The lowest BCUT2D eigenvalue weighted by molar-refractivity contribution is 0.0910. The van der Waals surface area contributed by atoms with Crippen molar-refractivity contribution in [2.24, 2.45) is 0 Å². The molecule has 0 atom stereocenters. The third-order valence-corrected chi connectivity index (χ3v) is 5.33. The zero-order valence-corrected chi connectivity index (χ0v) is 17.8. The first-order valence-corrected chi connectivity index (χ1v) is 10.5. The molecule has 0 bridgehead atoms. The van der Waals surface area contributed by atoms with Crippen LogP contribution < -0.4 is 5.46 Å². The van der Waals surface area contributed by atoms with E-state index in [9.17, 15) is 0 Å². The van der Waals surface area contributed by atoms with Crippen molar-refractivity contribution in [1.82, 2.24) is 9.38 Å². The fourth-order valence-electron chi connectivity index (χ4n) is 4.15. The van der Waals surface area contributed by atoms with Crippen LogP contribution in [0.1, 0.15) is 27.7 Å². The highest BCUT2D eigenvalue weighted by atomic mass is 16.6. The van der Waals surface area contributed by atoms with Crippen LogP contribution in [0.2, 0.25) is 0 Å². The molecule has 5 rings (SSSR count). The van der Waals surface area contributed by atoms with Crippen LogP contribution in [0.15, 0.2) is 66.7 Å². The van der Waals surface area contributed by atoms with Crippen LogP contribution in [-0.4, -0.2) is 28.7 Å². The molecule has 0 radical (unpaired) electrons. The van der Waals surface area contributed by atoms with Crippen LogP contribution in [0.4, 0.5) is 0 Å². The molecule has 5 aromatic rings. The number of hydrogen-bond acceptors (Lipinski definition) is 3. The third kappa shape index (κ3) is 3.15. The van der Waals surface area contributed by atoms with E-state index in [1.54, 1.807) is 0 Å². The Labute approximate surface area is 176 Å². The van der Waals surface area contributed by atoms with Crippen molar-refractivity contribution in [2.45, 2.75) is 33.3 Å². The summed E-state index contributed by atoms with van der Waals surface area (Å²) in [6.45, 7) is 8.72. The van der Waals surface area contributed by atoms with Crippen LogP contribution in [0, 0.1) is 0 Å². The Bertz CT molecular complexity index is 1380. The van der Waals surface area contributed by atoms with Gasteiger partial charge in [0.05, 0.1) is 16.6 Å². The summed E-state index contributed by atoms with van der Waals surface area (Å²) in [5, 5.41) is 3.49. The number of aromatic nitrogens is 2. The Kier molecular flexibility index (Phi) is 4.53. The van der Waals surface area contributed by atoms with Gasteiger partial charge in [0.15, 0.2) is 0 Å². The summed E-state index contributed by atoms with van der Waals surface area (Å²) in [6.07, 6.45) is 0. The summed E-state index contributed by atoms with van der Waals surface area (Å²) < 4.78 is 14.4. The van der Waals surface area contributed by atoms with Crippen LogP contribution in [0.5, 0.6) is 0 Å². The van der Waals surface area contributed by atoms with Crippen molar-refractivity contribution < 1.29 is 9.31 Å². The van der Waals surface area contributed by atoms with Gasteiger partial charge in [-0.05, 0) is 56.7 Å². The third-order valence-electron chi connectivity index (χ3n) is 5.33. The van der Waals surface area contributed by atoms with E-state index in [1.807, 2.05) is 33.8 Å². The summed E-state index contributed by atoms with van der Waals surface area (Å²) in [5.74, 6) is 0. The second kappa shape index (κ2) is 7.12. The first-order valence-electron chi connectivity index (χ1n) is 10.5. The van der Waals surface area contributed by atoms with Crippen LogP contribution >= 0.6 is 0 Å². The fraction of sp³-hybridized carbons (Fsp3) is 0.240. The Hall–Kier alpha value is -2.89. The molecule has 0 fully saturated rings. The van der Waals surface area contributed by atoms with E-state index in [2.05, 4.69) is 65.1 Å². The van der Waals surface area contributed by atoms with E-state index >= 15 is 0 Å². The molecule has 4 nitrogen and oxygen atoms in total. The van der Waals surface area contributed by atoms with Crippen molar-refractivity contribution >= 4 is 50.9 Å². The number of para-hydroxylation sites is 3. The van der Waals surface area contributed by atoms with E-state index in [1.165, 1.54) is 10.8 Å². The SMILES string of the molecule is CCOB(OC(C)(C)C)c1ccc2c3ccccc3n3c4ccccc4nc3c2c1. The van der Waals surface area contributed by atoms with E-state index < -0.39 is 7.12 Å². The monoisotopic (exact) mass is 396 g/mol. The Morgan fingerprint density at radius 3 is 2.37 bits per heavy atom. The van der Waals surface area contributed by atoms with Gasteiger partial charge >= 0.3 is 7.12 Å². The van der Waals surface area contributed by atoms with E-state index in [-0.39, 0.29) is 5.60 Å². The van der Waals surface area contributed by atoms with Gasteiger partial charge in [0.1, 0.15) is 5.65 Å². The van der Waals surface area contributed by atoms with Gasteiger partial charge < -0.3 is 9.31 Å². The minimum atomic E-state index is -0.421. The normalized spacial score (nSPS) is 12.4. The molecular formula is C25H25BN2O2. The van der Waals surface area contributed by atoms with Crippen molar-refractivity contribution in [1.29, 1.82) is 0 Å². The molecule has 150 valence electrons. The molecule has 0 N–H and O–H groups in total. The fourth-order valence-corrected chi connectivity index (χ4v) is 4.15. The Morgan fingerprint density at radius 1 is 0.867 bits per heavy atom. The average Bonchev–Trinajstić information content (AvgIpc) is 3.12. The van der Waals surface area contributed by atoms with Crippen molar-refractivity contribution in [3.8, 4) is 0 Å². The summed E-state index contributed by atoms with van der Waals surface area (Å²) in [4.78, 5) is 5.00. The molecule has 0 saturated carbocycles. The largest absolute Gasteiger partial charge is 0.494 e. The van der Waals surface area contributed by atoms with Crippen molar-refractivity contribution in [3.63, 3.8) is 0 Å². The van der Waals surface area contributed by atoms with Crippen LogP contribution in [0.25, 0.3) is 38.4 Å². The van der Waals surface area contributed by atoms with Crippen molar-refractivity contribution in [2.75, 3.05) is 6.61 Å². The number of pyridine rings is 1. The van der Waals surface area contributed by atoms with Crippen molar-refractivity contribution in [3.05, 3.63) is 66.7 Å². The first-order chi connectivity index (χ1) is 14.5. The van der Waals surface area contributed by atoms with Gasteiger partial charge in [-0.25, -0.2) is 4.98 Å². The molecule has 5 heteroatoms. The van der Waals surface area contributed by atoms with Crippen LogP contribution in [-0.2, 0) is 9.31 Å². The van der Waals surface area contributed by atoms with Crippen LogP contribution in [0.3, 0.4) is 0 Å². The molecule has 2 aromatic heterocycles. The summed E-state index contributed by atoms with van der Waals surface area (Å²) in [7, 11) is -0.421. The lowest BCUT2D eigenvalue weighted by Crippen LogP contribution is -2.42. The molecular weight excluding hydrogens is 371 g/mol. The van der Waals surface area contributed by atoms with Gasteiger partial charge in [-0.1, -0.05) is 48.5 Å². The Balaban J connectivity index is 1.85. The minimum absolute atomic E-state index is 0.310. The second-order valence-corrected chi connectivity index (χ2v) is 8.60. The molecule has 0 spiro atoms. The van der Waals surface area contributed by atoms with Gasteiger partial charge in [-0.15, -0.1) is 0 Å². The predicted octanol–water partition coefficient (Wildman–Crippen LogP) is 5.34. The standard InChI is InChI=1S/C25H25BN2O2/c1-5-29-26(30-25(2,3)4)17-14-15-18-19-10-6-8-12-22(19)28-23-13-9-7-11-21(23)27-24(28)20(18)16-17/h6-16H,5H2,1-4H3. The number of nitrogens with zero attached hydrogens (tertiary/aromatic N) is 2. The first kappa shape index (κ1) is 19.1. The topological polar surface area (TPSA) is 35.8 Å². The van der Waals surface area contributed by atoms with E-state index in [0.717, 1.165) is 33.0 Å². The van der Waals surface area contributed by atoms with Gasteiger partial charge in [-0.2, -0.15) is 0 Å². The smallest absolute Gasteiger partial charge is 0.408 e. The van der Waals surface area contributed by atoms with Gasteiger partial charge in [-0.3, -0.25) is 4.40 Å². The average molecular weight is 396 g/mol. The quantitative estimate of drug-likeness (QED) is 0.304. The summed E-state index contributed by atoms with van der Waals surface area (Å²) in [5.41, 5.74) is 4.92. The van der Waals surface area contributed by atoms with Gasteiger partial charge in [0.25, 0.3) is 0 Å². The number of hydrogen-bond donors (Lipinski definition) is 0.